The van der Waals surface area contributed by atoms with Gasteiger partial charge in [0.25, 0.3) is 5.91 Å². The molecule has 1 aromatic heterocycles. The number of carbonyl (C=O) groups is 2. The number of para-hydroxylation sites is 1. The predicted octanol–water partition coefficient (Wildman–Crippen LogP) is 2.53. The number of benzene rings is 1. The molecule has 2 heterocycles. The molecule has 1 saturated carbocycles. The molecule has 0 atom stereocenters. The fourth-order valence-corrected chi connectivity index (χ4v) is 3.15. The molecule has 1 aromatic carbocycles. The number of hydrogen-bond donors (Lipinski definition) is 0. The van der Waals surface area contributed by atoms with Gasteiger partial charge in [-0.2, -0.15) is 5.10 Å². The smallest absolute Gasteiger partial charge is 0.357 e. The van der Waals surface area contributed by atoms with E-state index in [0.717, 1.165) is 50.2 Å². The number of likely N-dealkylation sites (tertiary alicyclic amines) is 1. The lowest BCUT2D eigenvalue weighted by Crippen LogP contribution is -2.32. The van der Waals surface area contributed by atoms with E-state index in [1.165, 1.54) is 0 Å². The molecule has 1 aliphatic heterocycles. The van der Waals surface area contributed by atoms with Crippen LogP contribution in [-0.4, -0.2) is 46.3 Å². The van der Waals surface area contributed by atoms with Crippen LogP contribution in [0.1, 0.15) is 47.8 Å². The van der Waals surface area contributed by atoms with Crippen molar-refractivity contribution in [1.29, 1.82) is 0 Å². The summed E-state index contributed by atoms with van der Waals surface area (Å²) >= 11 is 0. The Morgan fingerprint density at radius 3 is 2.52 bits per heavy atom. The minimum absolute atomic E-state index is 0.126. The summed E-state index contributed by atoms with van der Waals surface area (Å²) in [4.78, 5) is 26.4. The van der Waals surface area contributed by atoms with Gasteiger partial charge in [-0.1, -0.05) is 18.2 Å². The van der Waals surface area contributed by atoms with Crippen LogP contribution in [0.3, 0.4) is 0 Å². The fourth-order valence-electron chi connectivity index (χ4n) is 3.15. The topological polar surface area (TPSA) is 64.4 Å². The zero-order valence-corrected chi connectivity index (χ0v) is 14.1. The second-order valence-corrected chi connectivity index (χ2v) is 6.64. The Morgan fingerprint density at radius 1 is 1.12 bits per heavy atom. The fraction of sp³-hybridized carbons (Fsp3) is 0.421. The van der Waals surface area contributed by atoms with Gasteiger partial charge in [-0.05, 0) is 43.9 Å². The van der Waals surface area contributed by atoms with Crippen LogP contribution in [0.5, 0.6) is 0 Å². The van der Waals surface area contributed by atoms with Gasteiger partial charge in [-0.15, -0.1) is 0 Å². The molecule has 0 radical (unpaired) electrons. The van der Waals surface area contributed by atoms with E-state index in [0.29, 0.717) is 11.6 Å². The Labute approximate surface area is 146 Å². The summed E-state index contributed by atoms with van der Waals surface area (Å²) in [5, 5.41) is 4.59. The van der Waals surface area contributed by atoms with Crippen molar-refractivity contribution in [3.8, 4) is 5.69 Å². The Hall–Kier alpha value is -2.63. The van der Waals surface area contributed by atoms with Crippen molar-refractivity contribution in [3.63, 3.8) is 0 Å². The summed E-state index contributed by atoms with van der Waals surface area (Å²) in [6, 6.07) is 11.3. The van der Waals surface area contributed by atoms with Crippen LogP contribution in [0.4, 0.5) is 0 Å². The third-order valence-electron chi connectivity index (χ3n) is 4.72. The number of aromatic nitrogens is 2. The van der Waals surface area contributed by atoms with Crippen LogP contribution in [0.2, 0.25) is 0 Å². The molecule has 6 nitrogen and oxygen atoms in total. The number of esters is 1. The largest absolute Gasteiger partial charge is 0.451 e. The van der Waals surface area contributed by atoms with Crippen molar-refractivity contribution in [2.75, 3.05) is 19.7 Å². The van der Waals surface area contributed by atoms with Gasteiger partial charge in [0.2, 0.25) is 0 Å². The highest BCUT2D eigenvalue weighted by molar-refractivity contribution is 5.90. The molecule has 4 rings (SSSR count). The van der Waals surface area contributed by atoms with Gasteiger partial charge < -0.3 is 9.64 Å². The van der Waals surface area contributed by atoms with E-state index in [2.05, 4.69) is 5.10 Å². The molecule has 0 unspecified atom stereocenters. The standard InChI is InChI=1S/C19H21N3O3/c23-18(21-10-4-5-11-21)13-25-19(24)17-12-16(14-8-9-14)20-22(17)15-6-2-1-3-7-15/h1-3,6-7,12,14H,4-5,8-11,13H2. The van der Waals surface area contributed by atoms with E-state index in [4.69, 9.17) is 4.74 Å². The monoisotopic (exact) mass is 339 g/mol. The first-order valence-corrected chi connectivity index (χ1v) is 8.82. The molecule has 0 bridgehead atoms. The van der Waals surface area contributed by atoms with Gasteiger partial charge in [0.1, 0.15) is 0 Å². The Bertz CT molecular complexity index is 774. The second-order valence-electron chi connectivity index (χ2n) is 6.64. The van der Waals surface area contributed by atoms with Gasteiger partial charge in [0, 0.05) is 19.0 Å². The van der Waals surface area contributed by atoms with E-state index < -0.39 is 5.97 Å². The van der Waals surface area contributed by atoms with E-state index in [9.17, 15) is 9.59 Å². The molecular weight excluding hydrogens is 318 g/mol. The Morgan fingerprint density at radius 2 is 1.84 bits per heavy atom. The SMILES string of the molecule is O=C(OCC(=O)N1CCCC1)c1cc(C2CC2)nn1-c1ccccc1. The van der Waals surface area contributed by atoms with Crippen LogP contribution in [0.15, 0.2) is 36.4 Å². The van der Waals surface area contributed by atoms with Crippen LogP contribution in [0, 0.1) is 0 Å². The molecule has 2 aromatic rings. The highest BCUT2D eigenvalue weighted by atomic mass is 16.5. The Kier molecular flexibility index (Phi) is 4.26. The van der Waals surface area contributed by atoms with E-state index in [1.54, 1.807) is 15.6 Å². The van der Waals surface area contributed by atoms with Gasteiger partial charge in [0.05, 0.1) is 11.4 Å². The number of ether oxygens (including phenoxy) is 1. The number of hydrogen-bond acceptors (Lipinski definition) is 4. The summed E-state index contributed by atoms with van der Waals surface area (Å²) in [6.07, 6.45) is 4.25. The van der Waals surface area contributed by atoms with Crippen LogP contribution in [-0.2, 0) is 9.53 Å². The van der Waals surface area contributed by atoms with Gasteiger partial charge in [-0.25, -0.2) is 9.48 Å². The third kappa shape index (κ3) is 3.43. The summed E-state index contributed by atoms with van der Waals surface area (Å²) in [5.74, 6) is -0.197. The average Bonchev–Trinajstić information content (AvgIpc) is 3.17. The molecule has 25 heavy (non-hydrogen) atoms. The number of rotatable bonds is 5. The first-order valence-electron chi connectivity index (χ1n) is 8.82. The maximum Gasteiger partial charge on any atom is 0.357 e. The van der Waals surface area contributed by atoms with E-state index in [1.807, 2.05) is 30.3 Å². The van der Waals surface area contributed by atoms with E-state index in [-0.39, 0.29) is 12.5 Å². The highest BCUT2D eigenvalue weighted by Gasteiger charge is 2.30. The van der Waals surface area contributed by atoms with Crippen LogP contribution < -0.4 is 0 Å². The highest BCUT2D eigenvalue weighted by Crippen LogP contribution is 2.39. The third-order valence-corrected chi connectivity index (χ3v) is 4.72. The maximum absolute atomic E-state index is 12.6. The molecule has 0 N–H and O–H groups in total. The summed E-state index contributed by atoms with van der Waals surface area (Å²) < 4.78 is 6.91. The van der Waals surface area contributed by atoms with Gasteiger partial charge in [-0.3, -0.25) is 4.79 Å². The van der Waals surface area contributed by atoms with Crippen molar-refractivity contribution in [2.45, 2.75) is 31.6 Å². The molecule has 1 saturated heterocycles. The lowest BCUT2D eigenvalue weighted by molar-refractivity contribution is -0.133. The lowest BCUT2D eigenvalue weighted by Gasteiger charge is -2.15. The lowest BCUT2D eigenvalue weighted by atomic mass is 10.2. The second kappa shape index (κ2) is 6.70. The summed E-state index contributed by atoms with van der Waals surface area (Å²) in [7, 11) is 0. The predicted molar refractivity (Wildman–Crippen MR) is 91.6 cm³/mol. The van der Waals surface area contributed by atoms with Gasteiger partial charge >= 0.3 is 5.97 Å². The molecule has 6 heteroatoms. The number of amides is 1. The minimum atomic E-state index is -0.504. The molecule has 1 aliphatic carbocycles. The first-order chi connectivity index (χ1) is 12.2. The molecule has 130 valence electrons. The van der Waals surface area contributed by atoms with E-state index >= 15 is 0 Å². The van der Waals surface area contributed by atoms with Crippen molar-refractivity contribution in [1.82, 2.24) is 14.7 Å². The minimum Gasteiger partial charge on any atom is -0.451 e. The zero-order chi connectivity index (χ0) is 17.2. The maximum atomic E-state index is 12.6. The van der Waals surface area contributed by atoms with Crippen molar-refractivity contribution in [2.24, 2.45) is 0 Å². The average molecular weight is 339 g/mol. The summed E-state index contributed by atoms with van der Waals surface area (Å²) in [6.45, 7) is 1.30. The quantitative estimate of drug-likeness (QED) is 0.785. The zero-order valence-electron chi connectivity index (χ0n) is 14.1. The van der Waals surface area contributed by atoms with Crippen LogP contribution >= 0.6 is 0 Å². The van der Waals surface area contributed by atoms with Crippen molar-refractivity contribution >= 4 is 11.9 Å². The number of nitrogens with zero attached hydrogens (tertiary/aromatic N) is 3. The molecule has 2 aliphatic rings. The molecular formula is C19H21N3O3. The number of carbonyl (C=O) groups excluding carboxylic acids is 2. The molecule has 2 fully saturated rings. The Balaban J connectivity index is 1.52. The van der Waals surface area contributed by atoms with Crippen molar-refractivity contribution < 1.29 is 14.3 Å². The molecule has 0 spiro atoms. The van der Waals surface area contributed by atoms with Crippen LogP contribution in [0.25, 0.3) is 5.69 Å². The summed E-state index contributed by atoms with van der Waals surface area (Å²) in [5.41, 5.74) is 2.11. The first kappa shape index (κ1) is 15.9. The molecule has 1 amide bonds. The van der Waals surface area contributed by atoms with Gasteiger partial charge in [0.15, 0.2) is 12.3 Å². The van der Waals surface area contributed by atoms with Crippen molar-refractivity contribution in [3.05, 3.63) is 47.8 Å². The normalized spacial score (nSPS) is 16.9.